The van der Waals surface area contributed by atoms with Gasteiger partial charge in [-0.2, -0.15) is 0 Å². The van der Waals surface area contributed by atoms with Gasteiger partial charge in [0.15, 0.2) is 0 Å². The topological polar surface area (TPSA) is 62.5 Å². The van der Waals surface area contributed by atoms with Crippen LogP contribution in [0.2, 0.25) is 0 Å². The van der Waals surface area contributed by atoms with Gasteiger partial charge in [-0.1, -0.05) is 13.8 Å². The third kappa shape index (κ3) is 3.51. The average molecular weight is 277 g/mol. The lowest BCUT2D eigenvalue weighted by Crippen LogP contribution is -2.47. The average Bonchev–Trinajstić information content (AvgIpc) is 2.99. The summed E-state index contributed by atoms with van der Waals surface area (Å²) in [4.78, 5) is 11.8. The van der Waals surface area contributed by atoms with Gasteiger partial charge in [0.2, 0.25) is 5.91 Å². The maximum absolute atomic E-state index is 11.8. The Labute approximate surface area is 119 Å². The predicted octanol–water partition coefficient (Wildman–Crippen LogP) is 2.69. The van der Waals surface area contributed by atoms with Gasteiger partial charge in [0.1, 0.15) is 11.5 Å². The monoisotopic (exact) mass is 277 g/mol. The van der Waals surface area contributed by atoms with Crippen molar-refractivity contribution in [1.29, 1.82) is 0 Å². The molecule has 1 aromatic heterocycles. The molecule has 1 heterocycles. The van der Waals surface area contributed by atoms with Crippen LogP contribution >= 0.6 is 0 Å². The number of nitrogens with one attached hydrogen (secondary N) is 1. The summed E-state index contributed by atoms with van der Waals surface area (Å²) in [5.74, 6) is 2.73. The number of carbonyl (C=O) groups excluding carboxylic acids is 1. The lowest BCUT2D eigenvalue weighted by atomic mass is 10.0. The number of furan rings is 1. The van der Waals surface area contributed by atoms with Crippen LogP contribution in [0.3, 0.4) is 0 Å². The number of amides is 1. The summed E-state index contributed by atoms with van der Waals surface area (Å²) in [6.45, 7) is 5.87. The van der Waals surface area contributed by atoms with Crippen LogP contribution in [0.5, 0.6) is 0 Å². The van der Waals surface area contributed by atoms with E-state index in [2.05, 4.69) is 12.2 Å². The molecular weight excluding hydrogens is 254 g/mol. The van der Waals surface area contributed by atoms with E-state index < -0.39 is 5.54 Å². The standard InChI is InChI=1S/C16H23NO3/c1-4-16(3,10-18)17-15(19)8-6-12-5-7-14(20-12)13-9-11(13)2/h5-8,11,13,18H,4,9-10H2,1-3H3,(H,17,19). The zero-order chi connectivity index (χ0) is 14.8. The molecule has 3 atom stereocenters. The fraction of sp³-hybridized carbons (Fsp3) is 0.562. The molecular formula is C16H23NO3. The zero-order valence-electron chi connectivity index (χ0n) is 12.3. The normalized spacial score (nSPS) is 24.6. The Morgan fingerprint density at radius 1 is 1.60 bits per heavy atom. The molecule has 1 amide bonds. The van der Waals surface area contributed by atoms with Gasteiger partial charge in [0.05, 0.1) is 12.1 Å². The molecule has 1 fully saturated rings. The van der Waals surface area contributed by atoms with Gasteiger partial charge >= 0.3 is 0 Å². The lowest BCUT2D eigenvalue weighted by Gasteiger charge is -2.26. The van der Waals surface area contributed by atoms with E-state index in [9.17, 15) is 9.90 Å². The van der Waals surface area contributed by atoms with Gasteiger partial charge in [-0.25, -0.2) is 0 Å². The van der Waals surface area contributed by atoms with E-state index in [-0.39, 0.29) is 12.5 Å². The Morgan fingerprint density at radius 2 is 2.30 bits per heavy atom. The first-order chi connectivity index (χ1) is 9.47. The van der Waals surface area contributed by atoms with Crippen molar-refractivity contribution in [2.75, 3.05) is 6.61 Å². The van der Waals surface area contributed by atoms with Crippen LogP contribution in [0.25, 0.3) is 6.08 Å². The second-order valence-corrected chi connectivity index (χ2v) is 5.95. The summed E-state index contributed by atoms with van der Waals surface area (Å²) in [5, 5.41) is 12.1. The largest absolute Gasteiger partial charge is 0.461 e. The van der Waals surface area contributed by atoms with Crippen molar-refractivity contribution in [3.63, 3.8) is 0 Å². The Morgan fingerprint density at radius 3 is 2.85 bits per heavy atom. The first-order valence-electron chi connectivity index (χ1n) is 7.18. The van der Waals surface area contributed by atoms with E-state index in [4.69, 9.17) is 4.42 Å². The fourth-order valence-electron chi connectivity index (χ4n) is 2.11. The predicted molar refractivity (Wildman–Crippen MR) is 78.2 cm³/mol. The highest BCUT2D eigenvalue weighted by atomic mass is 16.3. The van der Waals surface area contributed by atoms with E-state index in [0.717, 1.165) is 5.76 Å². The van der Waals surface area contributed by atoms with Gasteiger partial charge in [-0.15, -0.1) is 0 Å². The molecule has 20 heavy (non-hydrogen) atoms. The van der Waals surface area contributed by atoms with Crippen LogP contribution in [-0.2, 0) is 4.79 Å². The van der Waals surface area contributed by atoms with E-state index in [1.54, 1.807) is 6.08 Å². The van der Waals surface area contributed by atoms with Crippen molar-refractivity contribution in [1.82, 2.24) is 5.32 Å². The fourth-order valence-corrected chi connectivity index (χ4v) is 2.11. The Balaban J connectivity index is 1.92. The molecule has 1 aliphatic carbocycles. The Kier molecular flexibility index (Phi) is 4.33. The molecule has 0 radical (unpaired) electrons. The number of aliphatic hydroxyl groups excluding tert-OH is 1. The van der Waals surface area contributed by atoms with Crippen LogP contribution in [0.1, 0.15) is 51.1 Å². The van der Waals surface area contributed by atoms with Crippen molar-refractivity contribution in [2.24, 2.45) is 5.92 Å². The third-order valence-corrected chi connectivity index (χ3v) is 4.08. The molecule has 0 saturated heterocycles. The number of rotatable bonds is 6. The van der Waals surface area contributed by atoms with Gasteiger partial charge in [-0.3, -0.25) is 4.79 Å². The third-order valence-electron chi connectivity index (χ3n) is 4.08. The number of hydrogen-bond donors (Lipinski definition) is 2. The van der Waals surface area contributed by atoms with E-state index in [1.165, 1.54) is 12.5 Å². The molecule has 4 heteroatoms. The molecule has 0 aromatic carbocycles. The van der Waals surface area contributed by atoms with Crippen molar-refractivity contribution in [3.05, 3.63) is 29.7 Å². The molecule has 0 bridgehead atoms. The van der Waals surface area contributed by atoms with E-state index >= 15 is 0 Å². The number of aliphatic hydroxyl groups is 1. The lowest BCUT2D eigenvalue weighted by molar-refractivity contribution is -0.118. The Hall–Kier alpha value is -1.55. The number of carbonyl (C=O) groups is 1. The minimum Gasteiger partial charge on any atom is -0.461 e. The minimum atomic E-state index is -0.570. The molecule has 1 saturated carbocycles. The summed E-state index contributed by atoms with van der Waals surface area (Å²) in [5.41, 5.74) is -0.570. The van der Waals surface area contributed by atoms with Gasteiger partial charge in [-0.05, 0) is 43.9 Å². The summed E-state index contributed by atoms with van der Waals surface area (Å²) in [6.07, 6.45) is 4.97. The molecule has 1 aliphatic rings. The zero-order valence-corrected chi connectivity index (χ0v) is 12.3. The smallest absolute Gasteiger partial charge is 0.244 e. The van der Waals surface area contributed by atoms with Crippen molar-refractivity contribution < 1.29 is 14.3 Å². The first-order valence-corrected chi connectivity index (χ1v) is 7.18. The van der Waals surface area contributed by atoms with Gasteiger partial charge < -0.3 is 14.8 Å². The highest BCUT2D eigenvalue weighted by Gasteiger charge is 2.36. The summed E-state index contributed by atoms with van der Waals surface area (Å²) in [7, 11) is 0. The Bertz CT molecular complexity index is 500. The highest BCUT2D eigenvalue weighted by Crippen LogP contribution is 2.47. The van der Waals surface area contributed by atoms with Crippen molar-refractivity contribution >= 4 is 12.0 Å². The van der Waals surface area contributed by atoms with Crippen LogP contribution in [0, 0.1) is 5.92 Å². The molecule has 2 N–H and O–H groups in total. The molecule has 3 unspecified atom stereocenters. The summed E-state index contributed by atoms with van der Waals surface area (Å²) >= 11 is 0. The molecule has 0 aliphatic heterocycles. The molecule has 4 nitrogen and oxygen atoms in total. The van der Waals surface area contributed by atoms with E-state index in [1.807, 2.05) is 26.0 Å². The maximum atomic E-state index is 11.8. The second-order valence-electron chi connectivity index (χ2n) is 5.95. The van der Waals surface area contributed by atoms with Gasteiger partial charge in [0, 0.05) is 12.0 Å². The van der Waals surface area contributed by atoms with Crippen LogP contribution < -0.4 is 5.32 Å². The molecule has 2 rings (SSSR count). The number of hydrogen-bond acceptors (Lipinski definition) is 3. The van der Waals surface area contributed by atoms with Crippen LogP contribution in [0.4, 0.5) is 0 Å². The van der Waals surface area contributed by atoms with Crippen LogP contribution in [0.15, 0.2) is 22.6 Å². The molecule has 0 spiro atoms. The van der Waals surface area contributed by atoms with Crippen LogP contribution in [-0.4, -0.2) is 23.2 Å². The SMILES string of the molecule is CCC(C)(CO)NC(=O)C=Cc1ccc(C2CC2C)o1. The van der Waals surface area contributed by atoms with E-state index in [0.29, 0.717) is 24.0 Å². The quantitative estimate of drug-likeness (QED) is 0.786. The van der Waals surface area contributed by atoms with Gasteiger partial charge in [0.25, 0.3) is 0 Å². The van der Waals surface area contributed by atoms with Crippen molar-refractivity contribution in [3.8, 4) is 0 Å². The second kappa shape index (κ2) is 5.83. The molecule has 110 valence electrons. The summed E-state index contributed by atoms with van der Waals surface area (Å²) < 4.78 is 5.69. The molecule has 1 aromatic rings. The van der Waals surface area contributed by atoms with Crippen molar-refractivity contribution in [2.45, 2.75) is 45.1 Å². The highest BCUT2D eigenvalue weighted by molar-refractivity contribution is 5.91. The minimum absolute atomic E-state index is 0.0758. The summed E-state index contributed by atoms with van der Waals surface area (Å²) in [6, 6.07) is 3.87. The first kappa shape index (κ1) is 14.9. The maximum Gasteiger partial charge on any atom is 0.244 e.